The molecule has 26 heavy (non-hydrogen) atoms. The highest BCUT2D eigenvalue weighted by Crippen LogP contribution is 2.31. The summed E-state index contributed by atoms with van der Waals surface area (Å²) in [6.45, 7) is 0.502. The molecule has 0 saturated carbocycles. The van der Waals surface area contributed by atoms with Crippen molar-refractivity contribution in [1.29, 1.82) is 5.26 Å². The normalized spacial score (nSPS) is 11.3. The molecule has 0 unspecified atom stereocenters. The maximum absolute atomic E-state index is 13.0. The second-order valence-electron chi connectivity index (χ2n) is 5.51. The molecule has 0 bridgehead atoms. The van der Waals surface area contributed by atoms with Gasteiger partial charge >= 0.3 is 6.18 Å². The van der Waals surface area contributed by atoms with Crippen LogP contribution in [0.4, 0.5) is 13.2 Å². The van der Waals surface area contributed by atoms with Gasteiger partial charge in [-0.3, -0.25) is 0 Å². The van der Waals surface area contributed by atoms with Gasteiger partial charge in [0.25, 0.3) is 0 Å². The van der Waals surface area contributed by atoms with Crippen LogP contribution in [-0.2, 0) is 12.7 Å². The van der Waals surface area contributed by atoms with E-state index >= 15 is 0 Å². The van der Waals surface area contributed by atoms with Crippen molar-refractivity contribution in [2.45, 2.75) is 17.9 Å². The van der Waals surface area contributed by atoms with Crippen molar-refractivity contribution in [3.8, 4) is 17.3 Å². The van der Waals surface area contributed by atoms with E-state index in [1.54, 1.807) is 42.9 Å². The molecular weight excluding hydrogens is 361 g/mol. The lowest BCUT2D eigenvalue weighted by Gasteiger charge is -2.09. The van der Waals surface area contributed by atoms with Crippen molar-refractivity contribution >= 4 is 11.8 Å². The van der Waals surface area contributed by atoms with Gasteiger partial charge in [0.1, 0.15) is 5.69 Å². The Morgan fingerprint density at radius 1 is 1.19 bits per heavy atom. The van der Waals surface area contributed by atoms with Crippen LogP contribution < -0.4 is 0 Å². The standard InChI is InChI=1S/C18H13F3N4S/c1-26-17-23-15(8-16(24-17)18(19,20)21)14-5-6-25(11-14)10-13-4-2-3-12(7-13)9-22/h2-8,11H,10H2,1H3. The van der Waals surface area contributed by atoms with Crippen molar-refractivity contribution in [1.82, 2.24) is 14.5 Å². The summed E-state index contributed by atoms with van der Waals surface area (Å²) in [6, 6.07) is 11.9. The molecule has 0 aliphatic rings. The van der Waals surface area contributed by atoms with Crippen LogP contribution >= 0.6 is 11.8 Å². The first-order chi connectivity index (χ1) is 12.4. The fourth-order valence-corrected chi connectivity index (χ4v) is 2.83. The lowest BCUT2D eigenvalue weighted by molar-refractivity contribution is -0.141. The number of hydrogen-bond donors (Lipinski definition) is 0. The predicted octanol–water partition coefficient (Wildman–Crippen LogP) is 4.61. The van der Waals surface area contributed by atoms with E-state index in [4.69, 9.17) is 5.26 Å². The third kappa shape index (κ3) is 4.06. The van der Waals surface area contributed by atoms with Crippen LogP contribution in [0, 0.1) is 11.3 Å². The van der Waals surface area contributed by atoms with Gasteiger partial charge in [-0.05, 0) is 36.1 Å². The third-order valence-corrected chi connectivity index (χ3v) is 4.19. The van der Waals surface area contributed by atoms with Crippen LogP contribution in [0.2, 0.25) is 0 Å². The van der Waals surface area contributed by atoms with E-state index in [-0.39, 0.29) is 10.9 Å². The Hall–Kier alpha value is -2.79. The number of nitriles is 1. The number of benzene rings is 1. The van der Waals surface area contributed by atoms with Crippen LogP contribution in [0.1, 0.15) is 16.8 Å². The van der Waals surface area contributed by atoms with Crippen LogP contribution in [0.25, 0.3) is 11.3 Å². The van der Waals surface area contributed by atoms with Crippen molar-refractivity contribution in [3.05, 3.63) is 65.6 Å². The Balaban J connectivity index is 1.91. The fourth-order valence-electron chi connectivity index (χ4n) is 2.45. The molecule has 0 aliphatic carbocycles. The first-order valence-electron chi connectivity index (χ1n) is 7.54. The third-order valence-electron chi connectivity index (χ3n) is 3.65. The summed E-state index contributed by atoms with van der Waals surface area (Å²) in [5, 5.41) is 9.03. The summed E-state index contributed by atoms with van der Waals surface area (Å²) in [5.74, 6) is 0. The molecule has 3 rings (SSSR count). The maximum atomic E-state index is 13.0. The Bertz CT molecular complexity index is 973. The molecule has 8 heteroatoms. The van der Waals surface area contributed by atoms with Crippen molar-refractivity contribution in [2.75, 3.05) is 6.26 Å². The number of hydrogen-bond acceptors (Lipinski definition) is 4. The molecule has 132 valence electrons. The highest BCUT2D eigenvalue weighted by Gasteiger charge is 2.33. The number of halogens is 3. The molecule has 0 amide bonds. The summed E-state index contributed by atoms with van der Waals surface area (Å²) in [4.78, 5) is 7.71. The van der Waals surface area contributed by atoms with Gasteiger partial charge in [0.2, 0.25) is 0 Å². The smallest absolute Gasteiger partial charge is 0.349 e. The van der Waals surface area contributed by atoms with Gasteiger partial charge in [-0.2, -0.15) is 18.4 Å². The number of aromatic nitrogens is 3. The average molecular weight is 374 g/mol. The van der Waals surface area contributed by atoms with Gasteiger partial charge in [0.05, 0.1) is 17.3 Å². The first kappa shape index (κ1) is 18.0. The summed E-state index contributed by atoms with van der Waals surface area (Å²) in [5.41, 5.74) is 1.33. The Morgan fingerprint density at radius 3 is 2.69 bits per heavy atom. The predicted molar refractivity (Wildman–Crippen MR) is 92.5 cm³/mol. The van der Waals surface area contributed by atoms with E-state index in [1.807, 2.05) is 10.6 Å². The molecule has 0 saturated heterocycles. The zero-order valence-corrected chi connectivity index (χ0v) is 14.5. The van der Waals surface area contributed by atoms with Crippen LogP contribution in [-0.4, -0.2) is 20.8 Å². The van der Waals surface area contributed by atoms with E-state index in [9.17, 15) is 13.2 Å². The zero-order valence-electron chi connectivity index (χ0n) is 13.7. The van der Waals surface area contributed by atoms with Crippen LogP contribution in [0.3, 0.4) is 0 Å². The van der Waals surface area contributed by atoms with Crippen molar-refractivity contribution < 1.29 is 13.2 Å². The van der Waals surface area contributed by atoms with Gasteiger partial charge in [-0.1, -0.05) is 23.9 Å². The van der Waals surface area contributed by atoms with Gasteiger partial charge in [0, 0.05) is 24.5 Å². The summed E-state index contributed by atoms with van der Waals surface area (Å²) in [7, 11) is 0. The lowest BCUT2D eigenvalue weighted by Crippen LogP contribution is -2.09. The Morgan fingerprint density at radius 2 is 2.00 bits per heavy atom. The molecule has 0 atom stereocenters. The monoisotopic (exact) mass is 374 g/mol. The molecule has 3 aromatic rings. The van der Waals surface area contributed by atoms with E-state index in [0.717, 1.165) is 23.4 Å². The lowest BCUT2D eigenvalue weighted by atomic mass is 10.1. The fraction of sp³-hybridized carbons (Fsp3) is 0.167. The quantitative estimate of drug-likeness (QED) is 0.494. The minimum Gasteiger partial charge on any atom is -0.349 e. The van der Waals surface area contributed by atoms with E-state index < -0.39 is 11.9 Å². The highest BCUT2D eigenvalue weighted by atomic mass is 32.2. The largest absolute Gasteiger partial charge is 0.433 e. The first-order valence-corrected chi connectivity index (χ1v) is 8.77. The summed E-state index contributed by atoms with van der Waals surface area (Å²) < 4.78 is 40.9. The maximum Gasteiger partial charge on any atom is 0.433 e. The molecular formula is C18H13F3N4S. The molecule has 0 spiro atoms. The second kappa shape index (κ2) is 7.22. The molecule has 0 fully saturated rings. The van der Waals surface area contributed by atoms with Crippen molar-refractivity contribution in [2.24, 2.45) is 0 Å². The van der Waals surface area contributed by atoms with Crippen LogP contribution in [0.5, 0.6) is 0 Å². The molecule has 2 heterocycles. The van der Waals surface area contributed by atoms with E-state index in [0.29, 0.717) is 17.7 Å². The average Bonchev–Trinajstić information content (AvgIpc) is 3.09. The Kier molecular flexibility index (Phi) is 5.00. The molecule has 4 nitrogen and oxygen atoms in total. The zero-order chi connectivity index (χ0) is 18.7. The molecule has 2 aromatic heterocycles. The number of thioether (sulfide) groups is 1. The number of rotatable bonds is 4. The number of nitrogens with zero attached hydrogens (tertiary/aromatic N) is 4. The van der Waals surface area contributed by atoms with Gasteiger partial charge in [-0.15, -0.1) is 0 Å². The van der Waals surface area contributed by atoms with Gasteiger partial charge < -0.3 is 4.57 Å². The number of alkyl halides is 3. The van der Waals surface area contributed by atoms with Gasteiger partial charge in [-0.25, -0.2) is 9.97 Å². The summed E-state index contributed by atoms with van der Waals surface area (Å²) in [6.07, 6.45) is 0.600. The molecule has 0 radical (unpaired) electrons. The minimum absolute atomic E-state index is 0.0734. The van der Waals surface area contributed by atoms with Crippen molar-refractivity contribution in [3.63, 3.8) is 0 Å². The second-order valence-corrected chi connectivity index (χ2v) is 6.28. The van der Waals surface area contributed by atoms with E-state index in [1.165, 1.54) is 0 Å². The van der Waals surface area contributed by atoms with E-state index in [2.05, 4.69) is 16.0 Å². The molecule has 0 aliphatic heterocycles. The topological polar surface area (TPSA) is 54.5 Å². The molecule has 0 N–H and O–H groups in total. The Labute approximate surface area is 152 Å². The van der Waals surface area contributed by atoms with Gasteiger partial charge in [0.15, 0.2) is 5.16 Å². The minimum atomic E-state index is -4.53. The summed E-state index contributed by atoms with van der Waals surface area (Å²) >= 11 is 1.06. The SMILES string of the molecule is CSc1nc(-c2ccn(Cc3cccc(C#N)c3)c2)cc(C(F)(F)F)n1. The van der Waals surface area contributed by atoms with Crippen LogP contribution in [0.15, 0.2) is 53.9 Å². The highest BCUT2D eigenvalue weighted by molar-refractivity contribution is 7.98. The molecule has 1 aromatic carbocycles.